The minimum atomic E-state index is -0.0388. The van der Waals surface area contributed by atoms with Gasteiger partial charge in [-0.15, -0.1) is 0 Å². The normalized spacial score (nSPS) is 10.1. The zero-order valence-corrected chi connectivity index (χ0v) is 35.2. The van der Waals surface area contributed by atoms with Gasteiger partial charge in [-0.2, -0.15) is 31.6 Å². The van der Waals surface area contributed by atoms with Crippen LogP contribution in [-0.4, -0.2) is 0 Å². The van der Waals surface area contributed by atoms with Gasteiger partial charge < -0.3 is 28.4 Å². The Morgan fingerprint density at radius 3 is 0.848 bits per heavy atom. The maximum Gasteiger partial charge on any atom is 0.142 e. The molecule has 0 spiro atoms. The lowest BCUT2D eigenvalue weighted by atomic mass is 10.1. The molecule has 0 heterocycles. The summed E-state index contributed by atoms with van der Waals surface area (Å²) in [6.07, 6.45) is 0. The molecule has 7 rings (SSSR count). The van der Waals surface area contributed by atoms with E-state index >= 15 is 0 Å². The van der Waals surface area contributed by atoms with Gasteiger partial charge >= 0.3 is 0 Å². The van der Waals surface area contributed by atoms with Crippen LogP contribution in [0.15, 0.2) is 146 Å². The van der Waals surface area contributed by atoms with E-state index in [4.69, 9.17) is 28.4 Å². The van der Waals surface area contributed by atoms with Crippen molar-refractivity contribution in [2.45, 2.75) is 39.6 Å². The second-order valence-electron chi connectivity index (χ2n) is 14.7. The summed E-state index contributed by atoms with van der Waals surface area (Å²) >= 11 is 0. The van der Waals surface area contributed by atoms with Crippen molar-refractivity contribution in [1.82, 2.24) is 0 Å². The molecule has 12 nitrogen and oxygen atoms in total. The van der Waals surface area contributed by atoms with Crippen LogP contribution >= 0.6 is 0 Å². The van der Waals surface area contributed by atoms with Crippen LogP contribution in [0.3, 0.4) is 0 Å². The Hall–Kier alpha value is -9.72. The summed E-state index contributed by atoms with van der Waals surface area (Å²) in [5.74, 6) is 2.36. The SMILES string of the molecule is N#Cc1ccc(COc2cc(COc3cc(C#N)c(C#N)c(OCc4cc(OCc5ccc(C#N)cc5)cc(OCc5ccc(C#N)cc5)c4)c3)cc(OCc3ccc(C#N)cc3)c2)cc1. The maximum atomic E-state index is 10.2. The molecule has 0 atom stereocenters. The van der Waals surface area contributed by atoms with Crippen LogP contribution in [0.5, 0.6) is 34.5 Å². The molecule has 0 fully saturated rings. The third kappa shape index (κ3) is 12.2. The van der Waals surface area contributed by atoms with Gasteiger partial charge in [-0.05, 0) is 112 Å². The number of hydrogen-bond donors (Lipinski definition) is 0. The van der Waals surface area contributed by atoms with Crippen LogP contribution in [0, 0.1) is 68.0 Å². The van der Waals surface area contributed by atoms with Crippen LogP contribution in [0.2, 0.25) is 0 Å². The largest absolute Gasteiger partial charge is 0.489 e. The summed E-state index contributed by atoms with van der Waals surface area (Å²) in [5, 5.41) is 57.0. The zero-order valence-electron chi connectivity index (χ0n) is 35.2. The summed E-state index contributed by atoms with van der Waals surface area (Å²) in [5.41, 5.74) is 6.99. The predicted octanol–water partition coefficient (Wildman–Crippen LogP) is 10.4. The Morgan fingerprint density at radius 2 is 0.561 bits per heavy atom. The number of rotatable bonds is 18. The molecule has 7 aromatic rings. The highest BCUT2D eigenvalue weighted by atomic mass is 16.5. The molecule has 0 saturated heterocycles. The molecule has 7 aromatic carbocycles. The molecule has 12 heteroatoms. The minimum absolute atomic E-state index is 0.0239. The Balaban J connectivity index is 1.10. The van der Waals surface area contributed by atoms with E-state index in [1.165, 1.54) is 6.07 Å². The first-order valence-electron chi connectivity index (χ1n) is 20.3. The minimum Gasteiger partial charge on any atom is -0.489 e. The zero-order chi connectivity index (χ0) is 46.1. The van der Waals surface area contributed by atoms with Gasteiger partial charge in [0.25, 0.3) is 0 Å². The van der Waals surface area contributed by atoms with Crippen molar-refractivity contribution in [2.24, 2.45) is 0 Å². The molecule has 0 aliphatic rings. The third-order valence-electron chi connectivity index (χ3n) is 9.94. The topological polar surface area (TPSA) is 198 Å². The van der Waals surface area contributed by atoms with Crippen LogP contribution < -0.4 is 28.4 Å². The van der Waals surface area contributed by atoms with E-state index in [1.807, 2.05) is 60.7 Å². The molecule has 0 radical (unpaired) electrons. The van der Waals surface area contributed by atoms with Crippen molar-refractivity contribution < 1.29 is 28.4 Å². The van der Waals surface area contributed by atoms with Gasteiger partial charge in [-0.3, -0.25) is 0 Å². The van der Waals surface area contributed by atoms with E-state index in [0.717, 1.165) is 22.3 Å². The third-order valence-corrected chi connectivity index (χ3v) is 9.94. The quantitative estimate of drug-likeness (QED) is 0.0792. The van der Waals surface area contributed by atoms with Crippen molar-refractivity contribution >= 4 is 0 Å². The highest BCUT2D eigenvalue weighted by Crippen LogP contribution is 2.32. The number of benzene rings is 7. The molecule has 66 heavy (non-hydrogen) atoms. The monoisotopic (exact) mass is 864 g/mol. The van der Waals surface area contributed by atoms with Crippen LogP contribution in [0.1, 0.15) is 66.8 Å². The molecule has 0 aliphatic carbocycles. The standard InChI is InChI=1S/C54H36N6O6/c55-25-37-1-9-41(10-2-37)31-61-48-17-45(18-49(22-48)62-32-42-11-3-38(26-56)4-12-42)35-65-52-21-47(29-59)53(30-60)54(24-52)66-36-46-19-50(63-33-43-13-5-39(27-57)6-14-43)23-51(20-46)64-34-44-15-7-40(28-58)8-16-44/h1-24H,31-36H2. The van der Waals surface area contributed by atoms with Gasteiger partial charge in [0, 0.05) is 18.2 Å². The van der Waals surface area contributed by atoms with Crippen molar-refractivity contribution in [3.63, 3.8) is 0 Å². The summed E-state index contributed by atoms with van der Waals surface area (Å²) in [7, 11) is 0. The lowest BCUT2D eigenvalue weighted by Crippen LogP contribution is -2.04. The smallest absolute Gasteiger partial charge is 0.142 e. The molecule has 0 amide bonds. The second kappa shape index (κ2) is 21.9. The van der Waals surface area contributed by atoms with Crippen molar-refractivity contribution in [1.29, 1.82) is 31.6 Å². The van der Waals surface area contributed by atoms with E-state index in [9.17, 15) is 31.6 Å². The number of hydrogen-bond acceptors (Lipinski definition) is 12. The molecule has 0 saturated carbocycles. The summed E-state index contributed by atoms with van der Waals surface area (Å²) in [4.78, 5) is 0. The van der Waals surface area contributed by atoms with Gasteiger partial charge in [0.1, 0.15) is 91.8 Å². The molecule has 318 valence electrons. The highest BCUT2D eigenvalue weighted by Gasteiger charge is 2.16. The fourth-order valence-corrected chi connectivity index (χ4v) is 6.45. The Labute approximate surface area is 381 Å². The lowest BCUT2D eigenvalue weighted by molar-refractivity contribution is 0.275. The Bertz CT molecular complexity index is 2930. The van der Waals surface area contributed by atoms with Gasteiger partial charge in [-0.25, -0.2) is 0 Å². The average Bonchev–Trinajstić information content (AvgIpc) is 3.37. The molecular formula is C54H36N6O6. The Kier molecular flexibility index (Phi) is 14.7. The van der Waals surface area contributed by atoms with Crippen LogP contribution in [0.25, 0.3) is 0 Å². The van der Waals surface area contributed by atoms with E-state index in [-0.39, 0.29) is 62.3 Å². The first-order chi connectivity index (χ1) is 32.3. The number of nitriles is 6. The van der Waals surface area contributed by atoms with Crippen molar-refractivity contribution in [3.05, 3.63) is 212 Å². The van der Waals surface area contributed by atoms with Crippen LogP contribution in [-0.2, 0) is 39.6 Å². The van der Waals surface area contributed by atoms with Crippen molar-refractivity contribution in [2.75, 3.05) is 0 Å². The first kappa shape index (κ1) is 44.3. The van der Waals surface area contributed by atoms with Gasteiger partial charge in [0.05, 0.1) is 52.1 Å². The Morgan fingerprint density at radius 1 is 0.273 bits per heavy atom. The summed E-state index contributed by atoms with van der Waals surface area (Å²) in [6.45, 7) is 0.865. The first-order valence-corrected chi connectivity index (χ1v) is 20.3. The fraction of sp³-hybridized carbons (Fsp3) is 0.111. The second-order valence-corrected chi connectivity index (χ2v) is 14.7. The molecule has 0 aromatic heterocycles. The molecule has 0 unspecified atom stereocenters. The van der Waals surface area contributed by atoms with E-state index in [0.29, 0.717) is 56.4 Å². The van der Waals surface area contributed by atoms with Crippen molar-refractivity contribution in [3.8, 4) is 70.9 Å². The summed E-state index contributed by atoms with van der Waals surface area (Å²) in [6, 6.07) is 54.6. The molecule has 0 aliphatic heterocycles. The number of nitrogens with zero attached hydrogens (tertiary/aromatic N) is 6. The van der Waals surface area contributed by atoms with E-state index < -0.39 is 0 Å². The fourth-order valence-electron chi connectivity index (χ4n) is 6.45. The van der Waals surface area contributed by atoms with Gasteiger partial charge in [0.15, 0.2) is 0 Å². The lowest BCUT2D eigenvalue weighted by Gasteiger charge is -2.16. The van der Waals surface area contributed by atoms with E-state index in [2.05, 4.69) is 36.4 Å². The van der Waals surface area contributed by atoms with E-state index in [1.54, 1.807) is 78.9 Å². The molecule has 0 N–H and O–H groups in total. The van der Waals surface area contributed by atoms with Gasteiger partial charge in [0.2, 0.25) is 0 Å². The highest BCUT2D eigenvalue weighted by molar-refractivity contribution is 5.58. The predicted molar refractivity (Wildman–Crippen MR) is 239 cm³/mol. The van der Waals surface area contributed by atoms with Gasteiger partial charge in [-0.1, -0.05) is 48.5 Å². The molecular weight excluding hydrogens is 829 g/mol. The average molecular weight is 865 g/mol. The number of ether oxygens (including phenoxy) is 6. The summed E-state index contributed by atoms with van der Waals surface area (Å²) < 4.78 is 37.1. The van der Waals surface area contributed by atoms with Crippen LogP contribution in [0.4, 0.5) is 0 Å². The molecule has 0 bridgehead atoms. The maximum absolute atomic E-state index is 10.2.